The molecule has 0 fully saturated rings. The van der Waals surface area contributed by atoms with Crippen LogP contribution >= 0.6 is 0 Å². The van der Waals surface area contributed by atoms with Gasteiger partial charge in [-0.3, -0.25) is 4.79 Å². The highest BCUT2D eigenvalue weighted by Gasteiger charge is 2.08. The molecule has 80 valence electrons. The van der Waals surface area contributed by atoms with Crippen molar-refractivity contribution in [2.24, 2.45) is 0 Å². The highest BCUT2D eigenvalue weighted by molar-refractivity contribution is 5.97. The van der Waals surface area contributed by atoms with Crippen molar-refractivity contribution >= 4 is 11.9 Å². The lowest BCUT2D eigenvalue weighted by molar-refractivity contribution is -0.113. The Morgan fingerprint density at radius 3 is 2.13 bits per heavy atom. The van der Waals surface area contributed by atoms with Crippen LogP contribution in [0.1, 0.15) is 19.4 Å². The average Bonchev–Trinajstić information content (AvgIpc) is 2.13. The predicted molar refractivity (Wildman–Crippen MR) is 50.6 cm³/mol. The minimum absolute atomic E-state index is 0.137. The number of Topliss-reactive ketones (excluding diaryl/α,β-unsaturated/α-hetero) is 1. The Hall–Kier alpha value is -1.58. The molecule has 0 aliphatic heterocycles. The van der Waals surface area contributed by atoms with Gasteiger partial charge in [0, 0.05) is 11.6 Å². The van der Waals surface area contributed by atoms with Gasteiger partial charge in [0.15, 0.2) is 17.4 Å². The van der Waals surface area contributed by atoms with E-state index in [1.54, 1.807) is 0 Å². The quantitative estimate of drug-likeness (QED) is 0.546. The summed E-state index contributed by atoms with van der Waals surface area (Å²) in [7, 11) is 0. The molecule has 1 aromatic rings. The first-order valence-corrected chi connectivity index (χ1v) is 4.25. The van der Waals surface area contributed by atoms with Gasteiger partial charge < -0.3 is 0 Å². The number of hydrogen-bond donors (Lipinski definition) is 0. The highest BCUT2D eigenvalue weighted by Crippen LogP contribution is 2.16. The normalized spacial score (nSPS) is 11.7. The summed E-state index contributed by atoms with van der Waals surface area (Å²) >= 11 is 0. The van der Waals surface area contributed by atoms with Crippen LogP contribution in [-0.2, 0) is 4.79 Å². The van der Waals surface area contributed by atoms with Gasteiger partial charge in [0.25, 0.3) is 0 Å². The van der Waals surface area contributed by atoms with Crippen LogP contribution in [0.15, 0.2) is 17.7 Å². The maximum absolute atomic E-state index is 13.1. The Balaban J connectivity index is 3.22. The third kappa shape index (κ3) is 2.68. The summed E-state index contributed by atoms with van der Waals surface area (Å²) in [5, 5.41) is 0. The van der Waals surface area contributed by atoms with Crippen LogP contribution in [-0.4, -0.2) is 5.78 Å². The molecule has 0 saturated heterocycles. The maximum atomic E-state index is 13.1. The maximum Gasteiger partial charge on any atom is 0.161 e. The number of carbonyl (C=O) groups excluding carboxylic acids is 1. The van der Waals surface area contributed by atoms with E-state index in [2.05, 4.69) is 0 Å². The van der Waals surface area contributed by atoms with E-state index in [4.69, 9.17) is 0 Å². The van der Waals surface area contributed by atoms with E-state index in [0.29, 0.717) is 6.07 Å². The van der Waals surface area contributed by atoms with Crippen molar-refractivity contribution in [1.29, 1.82) is 0 Å². The number of carbonyl (C=O) groups is 1. The van der Waals surface area contributed by atoms with Gasteiger partial charge in [-0.05, 0) is 31.6 Å². The molecule has 15 heavy (non-hydrogen) atoms. The van der Waals surface area contributed by atoms with Gasteiger partial charge >= 0.3 is 0 Å². The number of allylic oxidation sites excluding steroid dienone is 1. The summed E-state index contributed by atoms with van der Waals surface area (Å²) in [5.41, 5.74) is 0.140. The number of halogens is 3. The van der Waals surface area contributed by atoms with Crippen molar-refractivity contribution in [3.05, 3.63) is 40.7 Å². The fraction of sp³-hybridized carbons (Fsp3) is 0.182. The second-order valence-corrected chi connectivity index (χ2v) is 3.17. The van der Waals surface area contributed by atoms with Gasteiger partial charge in [-0.2, -0.15) is 0 Å². The van der Waals surface area contributed by atoms with Crippen LogP contribution in [0.4, 0.5) is 13.2 Å². The predicted octanol–water partition coefficient (Wildman–Crippen LogP) is 3.10. The van der Waals surface area contributed by atoms with Crippen LogP contribution in [0.2, 0.25) is 0 Å². The van der Waals surface area contributed by atoms with E-state index in [9.17, 15) is 18.0 Å². The van der Waals surface area contributed by atoms with Gasteiger partial charge in [0.2, 0.25) is 0 Å². The molecule has 0 aromatic heterocycles. The van der Waals surface area contributed by atoms with Gasteiger partial charge in [0.05, 0.1) is 0 Å². The summed E-state index contributed by atoms with van der Waals surface area (Å²) in [4.78, 5) is 10.9. The Kier molecular flexibility index (Phi) is 3.29. The van der Waals surface area contributed by atoms with Crippen LogP contribution in [0, 0.1) is 17.5 Å². The highest BCUT2D eigenvalue weighted by atomic mass is 19.2. The summed E-state index contributed by atoms with van der Waals surface area (Å²) in [6.45, 7) is 2.78. The molecule has 0 heterocycles. The molecule has 0 saturated carbocycles. The molecule has 0 aliphatic rings. The molecule has 0 unspecified atom stereocenters. The zero-order valence-corrected chi connectivity index (χ0v) is 8.27. The van der Waals surface area contributed by atoms with Crippen molar-refractivity contribution in [1.82, 2.24) is 0 Å². The molecule has 1 rings (SSSR count). The van der Waals surface area contributed by atoms with Crippen molar-refractivity contribution in [2.75, 3.05) is 0 Å². The smallest absolute Gasteiger partial charge is 0.161 e. The topological polar surface area (TPSA) is 17.1 Å². The molecule has 0 amide bonds. The van der Waals surface area contributed by atoms with E-state index in [1.807, 2.05) is 0 Å². The Bertz CT molecular complexity index is 436. The standard InChI is InChI=1S/C11H9F3O/c1-6(7(2)15)3-8-4-10(13)11(14)5-9(8)12/h3-5H,1-2H3/b6-3+. The summed E-state index contributed by atoms with van der Waals surface area (Å²) in [6.07, 6.45) is 1.18. The van der Waals surface area contributed by atoms with Gasteiger partial charge in [0.1, 0.15) is 5.82 Å². The second-order valence-electron chi connectivity index (χ2n) is 3.17. The minimum Gasteiger partial charge on any atom is -0.295 e. The van der Waals surface area contributed by atoms with E-state index < -0.39 is 17.5 Å². The first kappa shape index (κ1) is 11.5. The van der Waals surface area contributed by atoms with Gasteiger partial charge in [-0.15, -0.1) is 0 Å². The fourth-order valence-electron chi connectivity index (χ4n) is 0.983. The van der Waals surface area contributed by atoms with E-state index in [1.165, 1.54) is 19.9 Å². The third-order valence-electron chi connectivity index (χ3n) is 1.97. The monoisotopic (exact) mass is 214 g/mol. The van der Waals surface area contributed by atoms with Gasteiger partial charge in [-0.1, -0.05) is 0 Å². The molecular formula is C11H9F3O. The largest absolute Gasteiger partial charge is 0.295 e. The van der Waals surface area contributed by atoms with Crippen molar-refractivity contribution in [3.63, 3.8) is 0 Å². The van der Waals surface area contributed by atoms with Crippen LogP contribution < -0.4 is 0 Å². The minimum atomic E-state index is -1.25. The number of benzene rings is 1. The van der Waals surface area contributed by atoms with Crippen LogP contribution in [0.3, 0.4) is 0 Å². The van der Waals surface area contributed by atoms with Crippen LogP contribution in [0.25, 0.3) is 6.08 Å². The molecule has 1 nitrogen and oxygen atoms in total. The lowest BCUT2D eigenvalue weighted by Gasteiger charge is -2.00. The first-order valence-electron chi connectivity index (χ1n) is 4.25. The molecule has 0 N–H and O–H groups in total. The lowest BCUT2D eigenvalue weighted by atomic mass is 10.1. The van der Waals surface area contributed by atoms with Crippen molar-refractivity contribution in [2.45, 2.75) is 13.8 Å². The number of hydrogen-bond acceptors (Lipinski definition) is 1. The summed E-state index contributed by atoms with van der Waals surface area (Å²) in [5.74, 6) is -3.53. The SMILES string of the molecule is CC(=O)/C(C)=C/c1cc(F)c(F)cc1F. The Labute approximate surface area is 85.2 Å². The fourth-order valence-corrected chi connectivity index (χ4v) is 0.983. The summed E-state index contributed by atoms with van der Waals surface area (Å²) < 4.78 is 38.4. The molecule has 1 aromatic carbocycles. The first-order chi connectivity index (χ1) is 6.91. The lowest BCUT2D eigenvalue weighted by Crippen LogP contribution is -1.94. The third-order valence-corrected chi connectivity index (χ3v) is 1.97. The molecule has 0 aliphatic carbocycles. The average molecular weight is 214 g/mol. The van der Waals surface area contributed by atoms with Crippen molar-refractivity contribution in [3.8, 4) is 0 Å². The molecular weight excluding hydrogens is 205 g/mol. The molecule has 0 spiro atoms. The van der Waals surface area contributed by atoms with Crippen LogP contribution in [0.5, 0.6) is 0 Å². The van der Waals surface area contributed by atoms with E-state index in [0.717, 1.165) is 6.07 Å². The zero-order chi connectivity index (χ0) is 11.6. The molecule has 0 radical (unpaired) electrons. The molecule has 0 bridgehead atoms. The van der Waals surface area contributed by atoms with E-state index in [-0.39, 0.29) is 16.9 Å². The number of rotatable bonds is 2. The van der Waals surface area contributed by atoms with E-state index >= 15 is 0 Å². The Morgan fingerprint density at radius 1 is 1.07 bits per heavy atom. The molecule has 0 atom stereocenters. The second kappa shape index (κ2) is 4.29. The zero-order valence-electron chi connectivity index (χ0n) is 8.27. The molecule has 4 heteroatoms. The number of ketones is 1. The van der Waals surface area contributed by atoms with Crippen molar-refractivity contribution < 1.29 is 18.0 Å². The Morgan fingerprint density at radius 2 is 1.60 bits per heavy atom. The van der Waals surface area contributed by atoms with Gasteiger partial charge in [-0.25, -0.2) is 13.2 Å². The summed E-state index contributed by atoms with van der Waals surface area (Å²) in [6, 6.07) is 1.17.